The quantitative estimate of drug-likeness (QED) is 0.431. The van der Waals surface area contributed by atoms with E-state index < -0.39 is 11.6 Å². The first kappa shape index (κ1) is 9.38. The Morgan fingerprint density at radius 2 is 2.00 bits per heavy atom. The molecule has 68 valence electrons. The smallest absolute Gasteiger partial charge is 0.142 e. The van der Waals surface area contributed by atoms with E-state index >= 15 is 0 Å². The van der Waals surface area contributed by atoms with Crippen LogP contribution < -0.4 is 5.73 Å². The fourth-order valence-corrected chi connectivity index (χ4v) is 0.916. The number of anilines is 1. The van der Waals surface area contributed by atoms with Crippen molar-refractivity contribution in [2.75, 3.05) is 5.73 Å². The molecule has 0 saturated heterocycles. The van der Waals surface area contributed by atoms with E-state index in [4.69, 9.17) is 5.73 Å². The van der Waals surface area contributed by atoms with Crippen molar-refractivity contribution in [1.82, 2.24) is 0 Å². The number of allylic oxidation sites excluding steroid dienone is 1. The van der Waals surface area contributed by atoms with Gasteiger partial charge < -0.3 is 5.73 Å². The van der Waals surface area contributed by atoms with Gasteiger partial charge in [-0.25, -0.2) is 8.78 Å². The fourth-order valence-electron chi connectivity index (χ4n) is 0.916. The number of hydrogen-bond acceptors (Lipinski definition) is 2. The SMILES string of the molecule is Nc1cc(F)cc(F)c1C=CC=O. The number of carbonyl (C=O) groups excluding carboxylic acids is 1. The van der Waals surface area contributed by atoms with Crippen LogP contribution in [0.15, 0.2) is 18.2 Å². The van der Waals surface area contributed by atoms with E-state index in [0.29, 0.717) is 12.4 Å². The maximum Gasteiger partial charge on any atom is 0.142 e. The Balaban J connectivity index is 3.20. The first-order valence-electron chi connectivity index (χ1n) is 3.51. The molecule has 0 bridgehead atoms. The van der Waals surface area contributed by atoms with Crippen molar-refractivity contribution in [1.29, 1.82) is 0 Å². The average molecular weight is 183 g/mol. The molecule has 0 radical (unpaired) electrons. The summed E-state index contributed by atoms with van der Waals surface area (Å²) in [4.78, 5) is 9.94. The van der Waals surface area contributed by atoms with Crippen molar-refractivity contribution in [3.8, 4) is 0 Å². The highest BCUT2D eigenvalue weighted by Gasteiger charge is 2.05. The molecule has 2 N–H and O–H groups in total. The lowest BCUT2D eigenvalue weighted by Gasteiger charge is -2.01. The summed E-state index contributed by atoms with van der Waals surface area (Å²) in [5, 5.41) is 0. The summed E-state index contributed by atoms with van der Waals surface area (Å²) in [6.07, 6.45) is 2.77. The molecule has 2 nitrogen and oxygen atoms in total. The number of benzene rings is 1. The van der Waals surface area contributed by atoms with E-state index in [1.165, 1.54) is 6.08 Å². The van der Waals surface area contributed by atoms with Crippen LogP contribution in [0.1, 0.15) is 5.56 Å². The number of nitrogen functional groups attached to an aromatic ring is 1. The standard InChI is InChI=1S/C9H7F2NO/c10-6-4-8(11)7(2-1-3-13)9(12)5-6/h1-5H,12H2. The summed E-state index contributed by atoms with van der Waals surface area (Å²) in [5.41, 5.74) is 5.31. The first-order valence-corrected chi connectivity index (χ1v) is 3.51. The minimum Gasteiger partial charge on any atom is -0.398 e. The molecule has 0 fully saturated rings. The summed E-state index contributed by atoms with van der Waals surface area (Å²) in [6, 6.07) is 1.70. The number of halogens is 2. The molecule has 1 aromatic rings. The van der Waals surface area contributed by atoms with Crippen molar-refractivity contribution in [3.05, 3.63) is 35.4 Å². The second-order valence-corrected chi connectivity index (χ2v) is 2.39. The Morgan fingerprint density at radius 1 is 1.31 bits per heavy atom. The van der Waals surface area contributed by atoms with Crippen LogP contribution in [-0.2, 0) is 4.79 Å². The summed E-state index contributed by atoms with van der Waals surface area (Å²) < 4.78 is 25.5. The third-order valence-corrected chi connectivity index (χ3v) is 1.47. The molecule has 0 heterocycles. The lowest BCUT2D eigenvalue weighted by atomic mass is 10.1. The minimum absolute atomic E-state index is 0.0218. The van der Waals surface area contributed by atoms with Gasteiger partial charge >= 0.3 is 0 Å². The molecule has 13 heavy (non-hydrogen) atoms. The zero-order valence-corrected chi connectivity index (χ0v) is 6.63. The molecule has 1 rings (SSSR count). The molecule has 0 saturated carbocycles. The number of hydrogen-bond donors (Lipinski definition) is 1. The summed E-state index contributed by atoms with van der Waals surface area (Å²) >= 11 is 0. The molecule has 0 aliphatic heterocycles. The molecule has 0 aliphatic rings. The molecule has 4 heteroatoms. The largest absolute Gasteiger partial charge is 0.398 e. The Bertz CT molecular complexity index is 338. The van der Waals surface area contributed by atoms with Crippen molar-refractivity contribution in [3.63, 3.8) is 0 Å². The number of rotatable bonds is 2. The van der Waals surface area contributed by atoms with Crippen molar-refractivity contribution in [2.45, 2.75) is 0 Å². The first-order chi connectivity index (χ1) is 6.15. The van der Waals surface area contributed by atoms with Crippen LogP contribution in [0.2, 0.25) is 0 Å². The Labute approximate surface area is 73.7 Å². The van der Waals surface area contributed by atoms with E-state index in [9.17, 15) is 13.6 Å². The van der Waals surface area contributed by atoms with Crippen LogP contribution in [0.5, 0.6) is 0 Å². The van der Waals surface area contributed by atoms with Crippen LogP contribution in [0.4, 0.5) is 14.5 Å². The zero-order chi connectivity index (χ0) is 9.84. The number of aldehydes is 1. The van der Waals surface area contributed by atoms with Crippen LogP contribution in [0.25, 0.3) is 6.08 Å². The third-order valence-electron chi connectivity index (χ3n) is 1.47. The van der Waals surface area contributed by atoms with Crippen LogP contribution >= 0.6 is 0 Å². The van der Waals surface area contributed by atoms with Gasteiger partial charge in [-0.3, -0.25) is 4.79 Å². The van der Waals surface area contributed by atoms with Gasteiger partial charge in [0.1, 0.15) is 17.9 Å². The van der Waals surface area contributed by atoms with Gasteiger partial charge in [-0.2, -0.15) is 0 Å². The van der Waals surface area contributed by atoms with Gasteiger partial charge in [0, 0.05) is 17.3 Å². The normalized spacial score (nSPS) is 10.6. The Morgan fingerprint density at radius 3 is 2.54 bits per heavy atom. The molecule has 0 amide bonds. The Kier molecular flexibility index (Phi) is 2.74. The zero-order valence-electron chi connectivity index (χ0n) is 6.63. The number of nitrogens with two attached hydrogens (primary N) is 1. The lowest BCUT2D eigenvalue weighted by molar-refractivity contribution is -0.104. The van der Waals surface area contributed by atoms with Gasteiger partial charge in [-0.05, 0) is 18.2 Å². The van der Waals surface area contributed by atoms with Gasteiger partial charge in [-0.15, -0.1) is 0 Å². The van der Waals surface area contributed by atoms with Crippen LogP contribution in [0.3, 0.4) is 0 Å². The predicted molar refractivity (Wildman–Crippen MR) is 45.9 cm³/mol. The minimum atomic E-state index is -0.782. The fraction of sp³-hybridized carbons (Fsp3) is 0. The van der Waals surface area contributed by atoms with Gasteiger partial charge in [0.05, 0.1) is 0 Å². The van der Waals surface area contributed by atoms with Crippen LogP contribution in [0, 0.1) is 11.6 Å². The van der Waals surface area contributed by atoms with Crippen molar-refractivity contribution >= 4 is 18.0 Å². The summed E-state index contributed by atoms with van der Waals surface area (Å²) in [7, 11) is 0. The van der Waals surface area contributed by atoms with E-state index in [1.807, 2.05) is 0 Å². The summed E-state index contributed by atoms with van der Waals surface area (Å²) in [5.74, 6) is -1.52. The van der Waals surface area contributed by atoms with Crippen molar-refractivity contribution in [2.24, 2.45) is 0 Å². The Hall–Kier alpha value is -1.71. The predicted octanol–water partition coefficient (Wildman–Crippen LogP) is 1.76. The highest BCUT2D eigenvalue weighted by molar-refractivity contribution is 5.77. The van der Waals surface area contributed by atoms with Gasteiger partial charge in [0.2, 0.25) is 0 Å². The number of carbonyl (C=O) groups is 1. The van der Waals surface area contributed by atoms with E-state index in [2.05, 4.69) is 0 Å². The highest BCUT2D eigenvalue weighted by atomic mass is 19.1. The maximum absolute atomic E-state index is 12.9. The average Bonchev–Trinajstić information content (AvgIpc) is 2.02. The van der Waals surface area contributed by atoms with Crippen molar-refractivity contribution < 1.29 is 13.6 Å². The molecule has 0 unspecified atom stereocenters. The van der Waals surface area contributed by atoms with Gasteiger partial charge in [0.25, 0.3) is 0 Å². The third kappa shape index (κ3) is 2.11. The molecule has 0 spiro atoms. The molecular weight excluding hydrogens is 176 g/mol. The molecule has 0 aromatic heterocycles. The summed E-state index contributed by atoms with van der Waals surface area (Å²) in [6.45, 7) is 0. The highest BCUT2D eigenvalue weighted by Crippen LogP contribution is 2.19. The lowest BCUT2D eigenvalue weighted by Crippen LogP contribution is -1.94. The van der Waals surface area contributed by atoms with Crippen LogP contribution in [-0.4, -0.2) is 6.29 Å². The monoisotopic (exact) mass is 183 g/mol. The second kappa shape index (κ2) is 3.80. The molecular formula is C9H7F2NO. The maximum atomic E-state index is 12.9. The van der Waals surface area contributed by atoms with E-state index in [0.717, 1.165) is 12.1 Å². The molecule has 0 atom stereocenters. The van der Waals surface area contributed by atoms with Gasteiger partial charge in [0.15, 0.2) is 0 Å². The molecule has 1 aromatic carbocycles. The molecule has 0 aliphatic carbocycles. The second-order valence-electron chi connectivity index (χ2n) is 2.39. The van der Waals surface area contributed by atoms with Gasteiger partial charge in [-0.1, -0.05) is 0 Å². The van der Waals surface area contributed by atoms with E-state index in [1.54, 1.807) is 0 Å². The topological polar surface area (TPSA) is 43.1 Å². The van der Waals surface area contributed by atoms with E-state index in [-0.39, 0.29) is 11.3 Å².